The Hall–Kier alpha value is -2.94. The minimum absolute atomic E-state index is 0.172. The zero-order chi connectivity index (χ0) is 19.5. The molecular weight excluding hydrogens is 390 g/mol. The largest absolute Gasteiger partial charge is 0.491 e. The summed E-state index contributed by atoms with van der Waals surface area (Å²) in [5.41, 5.74) is 0.951. The number of ether oxygens (including phenoxy) is 3. The molecule has 1 saturated heterocycles. The predicted molar refractivity (Wildman–Crippen MR) is 106 cm³/mol. The topological polar surface area (TPSA) is 71.5 Å². The smallest absolute Gasteiger partial charge is 0.223 e. The van der Waals surface area contributed by atoms with Crippen LogP contribution in [0.15, 0.2) is 77.3 Å². The second-order valence-corrected chi connectivity index (χ2v) is 7.68. The Balaban J connectivity index is 1.25. The van der Waals surface area contributed by atoms with Gasteiger partial charge in [0.2, 0.25) is 5.79 Å². The second-order valence-electron chi connectivity index (χ2n) is 6.73. The molecule has 29 heavy (non-hydrogen) atoms. The van der Waals surface area contributed by atoms with E-state index in [-0.39, 0.29) is 6.10 Å². The average molecular weight is 409 g/mol. The number of aromatic nitrogens is 3. The number of rotatable bonds is 7. The zero-order valence-electron chi connectivity index (χ0n) is 15.5. The van der Waals surface area contributed by atoms with E-state index in [4.69, 9.17) is 18.7 Å². The first-order valence-corrected chi connectivity index (χ1v) is 10.1. The Morgan fingerprint density at radius 3 is 2.83 bits per heavy atom. The van der Waals surface area contributed by atoms with Gasteiger partial charge in [-0.2, -0.15) is 0 Å². The molecule has 1 fully saturated rings. The van der Waals surface area contributed by atoms with Gasteiger partial charge in [-0.25, -0.2) is 4.98 Å². The van der Waals surface area contributed by atoms with E-state index >= 15 is 0 Å². The molecule has 2 unspecified atom stereocenters. The molecule has 2 atom stereocenters. The summed E-state index contributed by atoms with van der Waals surface area (Å²) in [6.07, 6.45) is 6.87. The van der Waals surface area contributed by atoms with Crippen molar-refractivity contribution in [2.75, 3.05) is 13.2 Å². The van der Waals surface area contributed by atoms with Crippen LogP contribution in [-0.4, -0.2) is 34.0 Å². The van der Waals surface area contributed by atoms with E-state index in [0.29, 0.717) is 19.8 Å². The van der Waals surface area contributed by atoms with Crippen LogP contribution in [0.4, 0.5) is 0 Å². The number of imidazole rings is 1. The van der Waals surface area contributed by atoms with Crippen LogP contribution in [0.2, 0.25) is 0 Å². The number of hydrogen-bond acceptors (Lipinski definition) is 7. The van der Waals surface area contributed by atoms with Crippen molar-refractivity contribution >= 4 is 11.3 Å². The Morgan fingerprint density at radius 2 is 2.10 bits per heavy atom. The van der Waals surface area contributed by atoms with E-state index < -0.39 is 5.79 Å². The molecule has 0 bridgehead atoms. The van der Waals surface area contributed by atoms with Crippen LogP contribution in [0.1, 0.15) is 4.88 Å². The Bertz CT molecular complexity index is 1020. The fraction of sp³-hybridized carbons (Fsp3) is 0.238. The van der Waals surface area contributed by atoms with Gasteiger partial charge in [-0.15, -0.1) is 11.3 Å². The first-order valence-electron chi connectivity index (χ1n) is 9.26. The minimum atomic E-state index is -0.820. The third-order valence-corrected chi connectivity index (χ3v) is 5.71. The van der Waals surface area contributed by atoms with Gasteiger partial charge in [0.25, 0.3) is 0 Å². The normalized spacial score (nSPS) is 21.4. The maximum atomic E-state index is 6.36. The molecule has 0 spiro atoms. The van der Waals surface area contributed by atoms with Gasteiger partial charge in [0.1, 0.15) is 18.5 Å². The van der Waals surface area contributed by atoms with Gasteiger partial charge in [0, 0.05) is 24.0 Å². The lowest BCUT2D eigenvalue weighted by molar-refractivity contribution is -0.186. The van der Waals surface area contributed by atoms with E-state index in [1.165, 1.54) is 0 Å². The summed E-state index contributed by atoms with van der Waals surface area (Å²) in [7, 11) is 0. The van der Waals surface area contributed by atoms with Crippen LogP contribution in [0, 0.1) is 0 Å². The molecule has 148 valence electrons. The SMILES string of the molecule is c1csc(C2(Cn3ccnc3)OCC(COc3ccc(-c4ccno4)cc3)O2)c1. The standard InChI is InChI=1S/C21H19N3O4S/c1-2-20(29-11-1)21(14-24-10-9-22-15-24)26-13-18(27-21)12-25-17-5-3-16(4-6-17)19-7-8-23-28-19/h1-11,15,18H,12-14H2. The first kappa shape index (κ1) is 18.1. The summed E-state index contributed by atoms with van der Waals surface area (Å²) >= 11 is 1.62. The molecule has 8 heteroatoms. The first-order chi connectivity index (χ1) is 14.3. The summed E-state index contributed by atoms with van der Waals surface area (Å²) in [6.45, 7) is 1.40. The molecule has 4 heterocycles. The van der Waals surface area contributed by atoms with Crippen molar-refractivity contribution < 1.29 is 18.7 Å². The summed E-state index contributed by atoms with van der Waals surface area (Å²) in [5.74, 6) is 0.670. The van der Waals surface area contributed by atoms with E-state index in [2.05, 4.69) is 10.1 Å². The minimum Gasteiger partial charge on any atom is -0.491 e. The average Bonchev–Trinajstić information content (AvgIpc) is 3.56. The maximum absolute atomic E-state index is 6.36. The summed E-state index contributed by atoms with van der Waals surface area (Å²) in [4.78, 5) is 5.15. The number of nitrogens with zero attached hydrogens (tertiary/aromatic N) is 3. The monoisotopic (exact) mass is 409 g/mol. The molecule has 1 aliphatic heterocycles. The molecule has 0 aliphatic carbocycles. The van der Waals surface area contributed by atoms with Gasteiger partial charge in [-0.3, -0.25) is 0 Å². The molecule has 4 aromatic rings. The fourth-order valence-corrected chi connectivity index (χ4v) is 4.13. The Labute approximate surface area is 171 Å². The lowest BCUT2D eigenvalue weighted by atomic mass is 10.2. The number of thiophene rings is 1. The molecular formula is C21H19N3O4S. The highest BCUT2D eigenvalue weighted by atomic mass is 32.1. The third kappa shape index (κ3) is 3.82. The Kier molecular flexibility index (Phi) is 4.89. The van der Waals surface area contributed by atoms with E-state index in [1.807, 2.05) is 58.6 Å². The summed E-state index contributed by atoms with van der Waals surface area (Å²) in [5, 5.41) is 5.75. The molecule has 1 aromatic carbocycles. The highest BCUT2D eigenvalue weighted by Gasteiger charge is 2.44. The third-order valence-electron chi connectivity index (χ3n) is 4.72. The van der Waals surface area contributed by atoms with Crippen molar-refractivity contribution in [1.82, 2.24) is 14.7 Å². The van der Waals surface area contributed by atoms with Crippen LogP contribution in [0.25, 0.3) is 11.3 Å². The van der Waals surface area contributed by atoms with Crippen LogP contribution in [-0.2, 0) is 21.8 Å². The van der Waals surface area contributed by atoms with Crippen molar-refractivity contribution in [3.63, 3.8) is 0 Å². The van der Waals surface area contributed by atoms with Gasteiger partial charge < -0.3 is 23.3 Å². The predicted octanol–water partition coefficient (Wildman–Crippen LogP) is 3.95. The van der Waals surface area contributed by atoms with Gasteiger partial charge in [0.15, 0.2) is 5.76 Å². The second kappa shape index (κ2) is 7.82. The van der Waals surface area contributed by atoms with Gasteiger partial charge in [-0.05, 0) is 35.7 Å². The maximum Gasteiger partial charge on any atom is 0.223 e. The van der Waals surface area contributed by atoms with Crippen LogP contribution in [0.5, 0.6) is 5.75 Å². The van der Waals surface area contributed by atoms with Gasteiger partial charge in [0.05, 0.1) is 30.6 Å². The van der Waals surface area contributed by atoms with Crippen molar-refractivity contribution in [3.05, 3.63) is 77.6 Å². The molecule has 3 aromatic heterocycles. The molecule has 0 N–H and O–H groups in total. The van der Waals surface area contributed by atoms with Crippen LogP contribution >= 0.6 is 11.3 Å². The van der Waals surface area contributed by atoms with Crippen molar-refractivity contribution in [2.24, 2.45) is 0 Å². The highest BCUT2D eigenvalue weighted by Crippen LogP contribution is 2.38. The van der Waals surface area contributed by atoms with Crippen molar-refractivity contribution in [2.45, 2.75) is 18.4 Å². The van der Waals surface area contributed by atoms with Crippen molar-refractivity contribution in [3.8, 4) is 17.1 Å². The highest BCUT2D eigenvalue weighted by molar-refractivity contribution is 7.10. The number of benzene rings is 1. The molecule has 1 aliphatic rings. The fourth-order valence-electron chi connectivity index (χ4n) is 3.32. The lowest BCUT2D eigenvalue weighted by Crippen LogP contribution is -2.33. The molecule has 0 saturated carbocycles. The van der Waals surface area contributed by atoms with Crippen LogP contribution < -0.4 is 4.74 Å². The summed E-state index contributed by atoms with van der Waals surface area (Å²) < 4.78 is 25.6. The number of hydrogen-bond donors (Lipinski definition) is 0. The molecule has 0 radical (unpaired) electrons. The van der Waals surface area contributed by atoms with Gasteiger partial charge in [-0.1, -0.05) is 11.2 Å². The lowest BCUT2D eigenvalue weighted by Gasteiger charge is -2.27. The summed E-state index contributed by atoms with van der Waals surface area (Å²) in [6, 6.07) is 13.6. The van der Waals surface area contributed by atoms with Crippen molar-refractivity contribution in [1.29, 1.82) is 0 Å². The van der Waals surface area contributed by atoms with E-state index in [1.54, 1.807) is 30.1 Å². The van der Waals surface area contributed by atoms with Crippen LogP contribution in [0.3, 0.4) is 0 Å². The quantitative estimate of drug-likeness (QED) is 0.460. The van der Waals surface area contributed by atoms with E-state index in [9.17, 15) is 0 Å². The van der Waals surface area contributed by atoms with Gasteiger partial charge >= 0.3 is 0 Å². The molecule has 0 amide bonds. The Morgan fingerprint density at radius 1 is 1.17 bits per heavy atom. The van der Waals surface area contributed by atoms with E-state index in [0.717, 1.165) is 22.0 Å². The zero-order valence-corrected chi connectivity index (χ0v) is 16.3. The molecule has 7 nitrogen and oxygen atoms in total. The molecule has 5 rings (SSSR count).